The van der Waals surface area contributed by atoms with Crippen LogP contribution in [0.3, 0.4) is 0 Å². The van der Waals surface area contributed by atoms with Gasteiger partial charge in [-0.05, 0) is 32.3 Å². The molecule has 18 heavy (non-hydrogen) atoms. The summed E-state index contributed by atoms with van der Waals surface area (Å²) in [4.78, 5) is 13.9. The predicted octanol–water partition coefficient (Wildman–Crippen LogP) is 2.06. The Hall–Kier alpha value is -1.35. The average Bonchev–Trinajstić information content (AvgIpc) is 2.39. The maximum atomic E-state index is 12.1. The van der Waals surface area contributed by atoms with E-state index in [0.29, 0.717) is 6.54 Å². The molecule has 0 fully saturated rings. The third-order valence-electron chi connectivity index (χ3n) is 3.24. The van der Waals surface area contributed by atoms with Crippen molar-refractivity contribution in [2.24, 2.45) is 11.1 Å². The first-order chi connectivity index (χ1) is 8.47. The van der Waals surface area contributed by atoms with Gasteiger partial charge in [0, 0.05) is 20.1 Å². The monoisotopic (exact) mass is 248 g/mol. The summed E-state index contributed by atoms with van der Waals surface area (Å²) in [6, 6.07) is 10.3. The summed E-state index contributed by atoms with van der Waals surface area (Å²) in [6.45, 7) is 4.94. The molecular weight excluding hydrogens is 224 g/mol. The van der Waals surface area contributed by atoms with Crippen LogP contribution >= 0.6 is 0 Å². The molecule has 0 aliphatic heterocycles. The summed E-state index contributed by atoms with van der Waals surface area (Å²) >= 11 is 0. The van der Waals surface area contributed by atoms with Crippen LogP contribution in [0.5, 0.6) is 0 Å². The molecule has 0 atom stereocenters. The van der Waals surface area contributed by atoms with Crippen molar-refractivity contribution in [3.05, 3.63) is 35.9 Å². The van der Waals surface area contributed by atoms with Crippen LogP contribution in [0.15, 0.2) is 30.3 Å². The van der Waals surface area contributed by atoms with E-state index < -0.39 is 5.41 Å². The Bertz CT molecular complexity index is 373. The Morgan fingerprint density at radius 1 is 1.28 bits per heavy atom. The van der Waals surface area contributed by atoms with E-state index in [1.165, 1.54) is 5.56 Å². The molecule has 3 heteroatoms. The fourth-order valence-corrected chi connectivity index (χ4v) is 1.87. The highest BCUT2D eigenvalue weighted by molar-refractivity contribution is 5.81. The van der Waals surface area contributed by atoms with E-state index in [0.717, 1.165) is 19.4 Å². The largest absolute Gasteiger partial charge is 0.345 e. The summed E-state index contributed by atoms with van der Waals surface area (Å²) in [5.41, 5.74) is 6.48. The van der Waals surface area contributed by atoms with Gasteiger partial charge in [-0.1, -0.05) is 30.3 Å². The number of amides is 1. The lowest BCUT2D eigenvalue weighted by atomic mass is 9.92. The van der Waals surface area contributed by atoms with Crippen molar-refractivity contribution in [2.75, 3.05) is 20.1 Å². The quantitative estimate of drug-likeness (QED) is 0.837. The lowest BCUT2D eigenvalue weighted by Crippen LogP contribution is -2.43. The zero-order valence-corrected chi connectivity index (χ0v) is 11.6. The number of benzene rings is 1. The van der Waals surface area contributed by atoms with Crippen molar-refractivity contribution < 1.29 is 4.79 Å². The van der Waals surface area contributed by atoms with Gasteiger partial charge >= 0.3 is 0 Å². The minimum Gasteiger partial charge on any atom is -0.345 e. The summed E-state index contributed by atoms with van der Waals surface area (Å²) < 4.78 is 0. The van der Waals surface area contributed by atoms with E-state index in [-0.39, 0.29) is 5.91 Å². The number of nitrogens with zero attached hydrogens (tertiary/aromatic N) is 1. The van der Waals surface area contributed by atoms with Crippen LogP contribution in [0, 0.1) is 5.41 Å². The lowest BCUT2D eigenvalue weighted by molar-refractivity contribution is -0.138. The van der Waals surface area contributed by atoms with Gasteiger partial charge in [0.2, 0.25) is 5.91 Å². The molecule has 1 rings (SSSR count). The highest BCUT2D eigenvalue weighted by Gasteiger charge is 2.28. The fraction of sp³-hybridized carbons (Fsp3) is 0.533. The first-order valence-corrected chi connectivity index (χ1v) is 6.47. The van der Waals surface area contributed by atoms with E-state index in [9.17, 15) is 4.79 Å². The smallest absolute Gasteiger partial charge is 0.229 e. The molecule has 1 amide bonds. The third kappa shape index (κ3) is 4.15. The number of hydrogen-bond donors (Lipinski definition) is 1. The second-order valence-electron chi connectivity index (χ2n) is 5.40. The fourth-order valence-electron chi connectivity index (χ4n) is 1.87. The van der Waals surface area contributed by atoms with E-state index in [1.54, 1.807) is 4.90 Å². The van der Waals surface area contributed by atoms with Crippen LogP contribution in [0.1, 0.15) is 25.8 Å². The standard InChI is InChI=1S/C15H24N2O/c1-15(2,12-16)14(18)17(3)11-7-10-13-8-5-4-6-9-13/h4-6,8-9H,7,10-12,16H2,1-3H3. The van der Waals surface area contributed by atoms with Gasteiger partial charge in [0.05, 0.1) is 5.41 Å². The van der Waals surface area contributed by atoms with Gasteiger partial charge in [-0.2, -0.15) is 0 Å². The SMILES string of the molecule is CN(CCCc1ccccc1)C(=O)C(C)(C)CN. The molecule has 0 saturated heterocycles. The van der Waals surface area contributed by atoms with Gasteiger partial charge in [0.25, 0.3) is 0 Å². The molecule has 0 heterocycles. The molecule has 0 aromatic heterocycles. The maximum Gasteiger partial charge on any atom is 0.229 e. The minimum absolute atomic E-state index is 0.123. The topological polar surface area (TPSA) is 46.3 Å². The summed E-state index contributed by atoms with van der Waals surface area (Å²) in [5.74, 6) is 0.123. The zero-order chi connectivity index (χ0) is 13.6. The van der Waals surface area contributed by atoms with Crippen molar-refractivity contribution in [1.82, 2.24) is 4.90 Å². The van der Waals surface area contributed by atoms with Crippen molar-refractivity contribution in [3.8, 4) is 0 Å². The number of nitrogens with two attached hydrogens (primary N) is 1. The van der Waals surface area contributed by atoms with Gasteiger partial charge < -0.3 is 10.6 Å². The van der Waals surface area contributed by atoms with Gasteiger partial charge in [0.1, 0.15) is 0 Å². The minimum atomic E-state index is -0.457. The van der Waals surface area contributed by atoms with Crippen LogP contribution in [0.2, 0.25) is 0 Å². The van der Waals surface area contributed by atoms with Crippen molar-refractivity contribution >= 4 is 5.91 Å². The van der Waals surface area contributed by atoms with Crippen LogP contribution in [-0.4, -0.2) is 30.9 Å². The first kappa shape index (κ1) is 14.7. The number of rotatable bonds is 6. The molecule has 3 nitrogen and oxygen atoms in total. The molecule has 0 aliphatic rings. The number of carbonyl (C=O) groups is 1. The third-order valence-corrected chi connectivity index (χ3v) is 3.24. The molecule has 100 valence electrons. The molecule has 1 aromatic carbocycles. The van der Waals surface area contributed by atoms with E-state index >= 15 is 0 Å². The van der Waals surface area contributed by atoms with Crippen LogP contribution in [0.4, 0.5) is 0 Å². The zero-order valence-electron chi connectivity index (χ0n) is 11.6. The molecule has 2 N–H and O–H groups in total. The molecule has 0 aliphatic carbocycles. The first-order valence-electron chi connectivity index (χ1n) is 6.47. The Balaban J connectivity index is 2.38. The van der Waals surface area contributed by atoms with Crippen molar-refractivity contribution in [3.63, 3.8) is 0 Å². The van der Waals surface area contributed by atoms with E-state index in [2.05, 4.69) is 12.1 Å². The summed E-state index contributed by atoms with van der Waals surface area (Å²) in [7, 11) is 1.85. The highest BCUT2D eigenvalue weighted by Crippen LogP contribution is 2.16. The number of hydrogen-bond acceptors (Lipinski definition) is 2. The van der Waals surface area contributed by atoms with E-state index in [1.807, 2.05) is 39.1 Å². The Labute approximate surface area is 110 Å². The van der Waals surface area contributed by atoms with Gasteiger partial charge in [-0.15, -0.1) is 0 Å². The van der Waals surface area contributed by atoms with Crippen LogP contribution in [-0.2, 0) is 11.2 Å². The highest BCUT2D eigenvalue weighted by atomic mass is 16.2. The summed E-state index contributed by atoms with van der Waals surface area (Å²) in [6.07, 6.45) is 1.98. The molecule has 0 unspecified atom stereocenters. The molecule has 0 spiro atoms. The van der Waals surface area contributed by atoms with Crippen LogP contribution < -0.4 is 5.73 Å². The molecule has 0 bridgehead atoms. The van der Waals surface area contributed by atoms with Crippen molar-refractivity contribution in [1.29, 1.82) is 0 Å². The Kier molecular flexibility index (Phi) is 5.35. The van der Waals surface area contributed by atoms with Gasteiger partial charge in [-0.3, -0.25) is 4.79 Å². The van der Waals surface area contributed by atoms with Crippen LogP contribution in [0.25, 0.3) is 0 Å². The lowest BCUT2D eigenvalue weighted by Gasteiger charge is -2.28. The maximum absolute atomic E-state index is 12.1. The number of carbonyl (C=O) groups excluding carboxylic acids is 1. The Morgan fingerprint density at radius 2 is 1.89 bits per heavy atom. The molecule has 0 saturated carbocycles. The second kappa shape index (κ2) is 6.55. The predicted molar refractivity (Wildman–Crippen MR) is 75.2 cm³/mol. The average molecular weight is 248 g/mol. The Morgan fingerprint density at radius 3 is 2.44 bits per heavy atom. The van der Waals surface area contributed by atoms with Gasteiger partial charge in [-0.25, -0.2) is 0 Å². The molecule has 0 radical (unpaired) electrons. The summed E-state index contributed by atoms with van der Waals surface area (Å²) in [5, 5.41) is 0. The van der Waals surface area contributed by atoms with Crippen molar-refractivity contribution in [2.45, 2.75) is 26.7 Å². The van der Waals surface area contributed by atoms with Gasteiger partial charge in [0.15, 0.2) is 0 Å². The van der Waals surface area contributed by atoms with E-state index in [4.69, 9.17) is 5.73 Å². The molecular formula is C15H24N2O. The molecule has 1 aromatic rings. The number of aryl methyl sites for hydroxylation is 1. The normalized spacial score (nSPS) is 11.3. The second-order valence-corrected chi connectivity index (χ2v) is 5.40.